The van der Waals surface area contributed by atoms with Gasteiger partial charge in [0.25, 0.3) is 0 Å². The number of rotatable bonds is 2. The van der Waals surface area contributed by atoms with Gasteiger partial charge in [-0.25, -0.2) is 0 Å². The lowest BCUT2D eigenvalue weighted by molar-refractivity contribution is -0.0460. The van der Waals surface area contributed by atoms with Crippen LogP contribution in [0.5, 0.6) is 0 Å². The van der Waals surface area contributed by atoms with E-state index in [0.29, 0.717) is 13.2 Å². The summed E-state index contributed by atoms with van der Waals surface area (Å²) in [4.78, 5) is 1.25. The fraction of sp³-hybridized carbons (Fsp3) is 0.538. The molecule has 1 heterocycles. The van der Waals surface area contributed by atoms with Crippen LogP contribution in [0.3, 0.4) is 0 Å². The van der Waals surface area contributed by atoms with Crippen LogP contribution in [0.15, 0.2) is 29.2 Å². The van der Waals surface area contributed by atoms with Crippen molar-refractivity contribution in [3.8, 4) is 0 Å². The zero-order valence-electron chi connectivity index (χ0n) is 10.0. The predicted molar refractivity (Wildman–Crippen MR) is 66.7 cm³/mol. The van der Waals surface area contributed by atoms with Gasteiger partial charge in [0.15, 0.2) is 6.29 Å². The van der Waals surface area contributed by atoms with Crippen molar-refractivity contribution < 1.29 is 9.47 Å². The van der Waals surface area contributed by atoms with Crippen molar-refractivity contribution in [3.05, 3.63) is 29.8 Å². The molecule has 0 aliphatic carbocycles. The third-order valence-electron chi connectivity index (χ3n) is 2.21. The number of ether oxygens (including phenoxy) is 2. The topological polar surface area (TPSA) is 18.5 Å². The number of thioether (sulfide) groups is 1. The van der Waals surface area contributed by atoms with E-state index in [4.69, 9.17) is 9.47 Å². The molecule has 0 spiro atoms. The summed E-state index contributed by atoms with van der Waals surface area (Å²) < 4.78 is 11.3. The lowest BCUT2D eigenvalue weighted by atomic mass is 10.2. The van der Waals surface area contributed by atoms with E-state index in [1.807, 2.05) is 17.8 Å². The molecule has 3 heteroatoms. The van der Waals surface area contributed by atoms with Gasteiger partial charge < -0.3 is 9.47 Å². The first kappa shape index (κ1) is 12.0. The second-order valence-corrected chi connectivity index (χ2v) is 6.69. The van der Waals surface area contributed by atoms with Crippen LogP contribution >= 0.6 is 11.8 Å². The first-order valence-corrected chi connectivity index (χ1v) is 6.39. The highest BCUT2D eigenvalue weighted by Gasteiger charge is 2.23. The maximum absolute atomic E-state index is 5.56. The average Bonchev–Trinajstić information content (AvgIpc) is 2.69. The quantitative estimate of drug-likeness (QED) is 0.733. The summed E-state index contributed by atoms with van der Waals surface area (Å²) in [7, 11) is 0. The van der Waals surface area contributed by atoms with Crippen LogP contribution in [0.1, 0.15) is 32.6 Å². The first-order chi connectivity index (χ1) is 7.56. The van der Waals surface area contributed by atoms with Crippen molar-refractivity contribution in [1.82, 2.24) is 0 Å². The van der Waals surface area contributed by atoms with Crippen LogP contribution in [-0.4, -0.2) is 18.0 Å². The number of benzene rings is 1. The summed E-state index contributed by atoms with van der Waals surface area (Å²) in [5.41, 5.74) is 1.15. The molecule has 1 aromatic rings. The second-order valence-electron chi connectivity index (χ2n) is 4.83. The van der Waals surface area contributed by atoms with Gasteiger partial charge >= 0.3 is 0 Å². The van der Waals surface area contributed by atoms with Crippen LogP contribution in [0.25, 0.3) is 0 Å². The molecule has 2 rings (SSSR count). The minimum absolute atomic E-state index is 0.175. The number of hydrogen-bond donors (Lipinski definition) is 0. The average molecular weight is 238 g/mol. The molecule has 0 saturated carbocycles. The summed E-state index contributed by atoms with van der Waals surface area (Å²) in [5, 5.41) is 0. The van der Waals surface area contributed by atoms with Crippen molar-refractivity contribution in [3.63, 3.8) is 0 Å². The monoisotopic (exact) mass is 238 g/mol. The Hall–Kier alpha value is -0.510. The lowest BCUT2D eigenvalue weighted by Gasteiger charge is -2.21. The highest BCUT2D eigenvalue weighted by Crippen LogP contribution is 2.38. The molecular weight excluding hydrogens is 220 g/mol. The molecule has 1 saturated heterocycles. The molecule has 0 amide bonds. The molecule has 88 valence electrons. The van der Waals surface area contributed by atoms with Gasteiger partial charge in [0.05, 0.1) is 13.2 Å². The van der Waals surface area contributed by atoms with Gasteiger partial charge in [-0.05, 0) is 6.07 Å². The van der Waals surface area contributed by atoms with E-state index in [0.717, 1.165) is 5.56 Å². The molecule has 1 aliphatic heterocycles. The Morgan fingerprint density at radius 3 is 2.38 bits per heavy atom. The third kappa shape index (κ3) is 3.00. The molecule has 16 heavy (non-hydrogen) atoms. The minimum atomic E-state index is -0.175. The van der Waals surface area contributed by atoms with Crippen LogP contribution in [0, 0.1) is 0 Å². The molecule has 2 nitrogen and oxygen atoms in total. The van der Waals surface area contributed by atoms with Gasteiger partial charge in [-0.2, -0.15) is 0 Å². The fourth-order valence-corrected chi connectivity index (χ4v) is 2.72. The molecule has 0 radical (unpaired) electrons. The highest BCUT2D eigenvalue weighted by atomic mass is 32.2. The van der Waals surface area contributed by atoms with Crippen molar-refractivity contribution in [2.24, 2.45) is 0 Å². The highest BCUT2D eigenvalue weighted by molar-refractivity contribution is 8.00. The molecule has 1 aromatic carbocycles. The van der Waals surface area contributed by atoms with Crippen LogP contribution in [-0.2, 0) is 9.47 Å². The first-order valence-electron chi connectivity index (χ1n) is 5.57. The van der Waals surface area contributed by atoms with Gasteiger partial charge in [0.2, 0.25) is 0 Å². The Bertz CT molecular complexity index is 351. The van der Waals surface area contributed by atoms with E-state index in [9.17, 15) is 0 Å². The zero-order chi connectivity index (χ0) is 11.6. The predicted octanol–water partition coefficient (Wildman–Crippen LogP) is 3.62. The maximum atomic E-state index is 5.56. The van der Waals surface area contributed by atoms with Crippen molar-refractivity contribution in [2.45, 2.75) is 36.7 Å². The summed E-state index contributed by atoms with van der Waals surface area (Å²) in [6, 6.07) is 8.32. The van der Waals surface area contributed by atoms with E-state index in [1.165, 1.54) is 4.90 Å². The largest absolute Gasteiger partial charge is 0.346 e. The molecule has 0 unspecified atom stereocenters. The Kier molecular flexibility index (Phi) is 3.57. The molecule has 0 bridgehead atoms. The van der Waals surface area contributed by atoms with E-state index in [-0.39, 0.29) is 11.0 Å². The second kappa shape index (κ2) is 4.78. The zero-order valence-corrected chi connectivity index (χ0v) is 10.8. The van der Waals surface area contributed by atoms with Gasteiger partial charge in [0, 0.05) is 15.2 Å². The van der Waals surface area contributed by atoms with Crippen LogP contribution in [0.4, 0.5) is 0 Å². The van der Waals surface area contributed by atoms with Gasteiger partial charge in [-0.1, -0.05) is 39.0 Å². The summed E-state index contributed by atoms with van der Waals surface area (Å²) in [6.07, 6.45) is -0.175. The van der Waals surface area contributed by atoms with Crippen molar-refractivity contribution in [1.29, 1.82) is 0 Å². The van der Waals surface area contributed by atoms with Crippen LogP contribution in [0.2, 0.25) is 0 Å². The van der Waals surface area contributed by atoms with Gasteiger partial charge in [-0.3, -0.25) is 0 Å². The van der Waals surface area contributed by atoms with Gasteiger partial charge in [-0.15, -0.1) is 11.8 Å². The van der Waals surface area contributed by atoms with Gasteiger partial charge in [0.1, 0.15) is 0 Å². The molecular formula is C13H18O2S. The van der Waals surface area contributed by atoms with E-state index < -0.39 is 0 Å². The normalized spacial score (nSPS) is 17.9. The summed E-state index contributed by atoms with van der Waals surface area (Å²) >= 11 is 1.85. The molecule has 1 aliphatic rings. The minimum Gasteiger partial charge on any atom is -0.346 e. The Morgan fingerprint density at radius 1 is 1.12 bits per heavy atom. The SMILES string of the molecule is CC(C)(C)Sc1ccccc1C1OCCO1. The standard InChI is InChI=1S/C13H18O2S/c1-13(2,3)16-11-7-5-4-6-10(11)12-14-8-9-15-12/h4-7,12H,8-9H2,1-3H3. The van der Waals surface area contributed by atoms with Crippen molar-refractivity contribution in [2.75, 3.05) is 13.2 Å². The molecule has 0 N–H and O–H groups in total. The van der Waals surface area contributed by atoms with E-state index in [1.54, 1.807) is 0 Å². The van der Waals surface area contributed by atoms with E-state index >= 15 is 0 Å². The smallest absolute Gasteiger partial charge is 0.185 e. The fourth-order valence-electron chi connectivity index (χ4n) is 1.64. The Balaban J connectivity index is 2.23. The van der Waals surface area contributed by atoms with E-state index in [2.05, 4.69) is 39.0 Å². The van der Waals surface area contributed by atoms with Crippen molar-refractivity contribution >= 4 is 11.8 Å². The maximum Gasteiger partial charge on any atom is 0.185 e. The Morgan fingerprint density at radius 2 is 1.75 bits per heavy atom. The molecule has 0 atom stereocenters. The summed E-state index contributed by atoms with van der Waals surface area (Å²) in [6.45, 7) is 8.03. The Labute approximate surface area is 101 Å². The lowest BCUT2D eigenvalue weighted by Crippen LogP contribution is -2.09. The molecule has 1 fully saturated rings. The van der Waals surface area contributed by atoms with Crippen LogP contribution < -0.4 is 0 Å². The number of hydrogen-bond acceptors (Lipinski definition) is 3. The third-order valence-corrected chi connectivity index (χ3v) is 3.41. The molecule has 0 aromatic heterocycles. The summed E-state index contributed by atoms with van der Waals surface area (Å²) in [5.74, 6) is 0.